The van der Waals surface area contributed by atoms with E-state index in [1.165, 1.54) is 18.2 Å². The van der Waals surface area contributed by atoms with Crippen molar-refractivity contribution in [3.8, 4) is 0 Å². The number of carbonyl (C=O) groups is 3. The Hall–Kier alpha value is -2.86. The topological polar surface area (TPSA) is 98.5 Å². The zero-order valence-electron chi connectivity index (χ0n) is 15.7. The number of hydrogen-bond donors (Lipinski definition) is 2. The number of rotatable bonds is 9. The number of carbonyl (C=O) groups excluding carboxylic acids is 3. The molecule has 0 aliphatic carbocycles. The highest BCUT2D eigenvalue weighted by atomic mass is 35.5. The maximum absolute atomic E-state index is 12.2. The number of nitrogen functional groups attached to an aromatic ring is 1. The van der Waals surface area contributed by atoms with Gasteiger partial charge < -0.3 is 15.8 Å². The number of Topliss-reactive ketones (excluding diaryl/α,β-unsaturated/α-hetero) is 1. The highest BCUT2D eigenvalue weighted by molar-refractivity contribution is 6.31. The number of nitrogens with two attached hydrogens (primary N) is 1. The number of esters is 1. The van der Waals surface area contributed by atoms with Crippen LogP contribution in [-0.2, 0) is 9.53 Å². The van der Waals surface area contributed by atoms with E-state index in [-0.39, 0.29) is 22.9 Å². The molecule has 0 bridgehead atoms. The molecule has 0 atom stereocenters. The molecule has 0 unspecified atom stereocenters. The molecule has 7 heteroatoms. The first-order valence-corrected chi connectivity index (χ1v) is 9.43. The highest BCUT2D eigenvalue weighted by Crippen LogP contribution is 2.19. The predicted molar refractivity (Wildman–Crippen MR) is 110 cm³/mol. The second kappa shape index (κ2) is 10.5. The minimum atomic E-state index is -0.696. The maximum atomic E-state index is 12.2. The van der Waals surface area contributed by atoms with Crippen molar-refractivity contribution >= 4 is 40.6 Å². The summed E-state index contributed by atoms with van der Waals surface area (Å²) >= 11 is 5.79. The third-order valence-corrected chi connectivity index (χ3v) is 4.30. The molecule has 0 aromatic heterocycles. The van der Waals surface area contributed by atoms with Crippen LogP contribution in [0.5, 0.6) is 0 Å². The van der Waals surface area contributed by atoms with Gasteiger partial charge in [-0.15, -0.1) is 0 Å². The van der Waals surface area contributed by atoms with E-state index >= 15 is 0 Å². The summed E-state index contributed by atoms with van der Waals surface area (Å²) in [5, 5.41) is 3.19. The number of amides is 1. The number of anilines is 2. The summed E-state index contributed by atoms with van der Waals surface area (Å²) in [4.78, 5) is 36.1. The van der Waals surface area contributed by atoms with E-state index in [1.807, 2.05) is 0 Å². The van der Waals surface area contributed by atoms with E-state index in [2.05, 4.69) is 12.2 Å². The van der Waals surface area contributed by atoms with E-state index < -0.39 is 12.6 Å². The lowest BCUT2D eigenvalue weighted by atomic mass is 10.1. The molecule has 3 N–H and O–H groups in total. The summed E-state index contributed by atoms with van der Waals surface area (Å²) in [6, 6.07) is 10.8. The van der Waals surface area contributed by atoms with E-state index in [0.29, 0.717) is 22.7 Å². The second-order valence-electron chi connectivity index (χ2n) is 6.31. The molecule has 0 fully saturated rings. The van der Waals surface area contributed by atoms with Gasteiger partial charge in [0.25, 0.3) is 0 Å². The number of halogens is 1. The van der Waals surface area contributed by atoms with Crippen LogP contribution < -0.4 is 11.1 Å². The maximum Gasteiger partial charge on any atom is 0.340 e. The summed E-state index contributed by atoms with van der Waals surface area (Å²) in [5.41, 5.74) is 7.06. The first kappa shape index (κ1) is 21.4. The van der Waals surface area contributed by atoms with Crippen molar-refractivity contribution < 1.29 is 19.1 Å². The van der Waals surface area contributed by atoms with Gasteiger partial charge in [0.15, 0.2) is 12.4 Å². The molecule has 0 radical (unpaired) electrons. The largest absolute Gasteiger partial charge is 0.454 e. The van der Waals surface area contributed by atoms with Gasteiger partial charge >= 0.3 is 5.97 Å². The fourth-order valence-corrected chi connectivity index (χ4v) is 2.69. The SMILES string of the molecule is CCCCCC(=O)Nc1ccc(C(=O)COC(=O)c2ccc(Cl)cc2N)cc1. The Morgan fingerprint density at radius 3 is 2.43 bits per heavy atom. The molecular formula is C21H23ClN2O4. The fourth-order valence-electron chi connectivity index (χ4n) is 2.51. The Kier molecular flexibility index (Phi) is 8.02. The summed E-state index contributed by atoms with van der Waals surface area (Å²) in [7, 11) is 0. The summed E-state index contributed by atoms with van der Waals surface area (Å²) in [5.74, 6) is -1.11. The number of benzene rings is 2. The first-order chi connectivity index (χ1) is 13.4. The van der Waals surface area contributed by atoms with E-state index in [0.717, 1.165) is 19.3 Å². The molecule has 28 heavy (non-hydrogen) atoms. The van der Waals surface area contributed by atoms with Gasteiger partial charge in [-0.05, 0) is 48.9 Å². The Morgan fingerprint density at radius 2 is 1.79 bits per heavy atom. The lowest BCUT2D eigenvalue weighted by molar-refractivity contribution is -0.116. The van der Waals surface area contributed by atoms with E-state index in [1.54, 1.807) is 24.3 Å². The van der Waals surface area contributed by atoms with Crippen LogP contribution >= 0.6 is 11.6 Å². The van der Waals surface area contributed by atoms with Crippen molar-refractivity contribution in [3.05, 3.63) is 58.6 Å². The van der Waals surface area contributed by atoms with Crippen LogP contribution in [0, 0.1) is 0 Å². The third kappa shape index (κ3) is 6.39. The van der Waals surface area contributed by atoms with Crippen molar-refractivity contribution in [1.82, 2.24) is 0 Å². The van der Waals surface area contributed by atoms with Crippen molar-refractivity contribution in [2.75, 3.05) is 17.7 Å². The summed E-state index contributed by atoms with van der Waals surface area (Å²) in [6.45, 7) is 1.67. The highest BCUT2D eigenvalue weighted by Gasteiger charge is 2.14. The fraction of sp³-hybridized carbons (Fsp3) is 0.286. The molecule has 6 nitrogen and oxygen atoms in total. The number of nitrogens with one attached hydrogen (secondary N) is 1. The normalized spacial score (nSPS) is 10.4. The van der Waals surface area contributed by atoms with Gasteiger partial charge in [0, 0.05) is 28.4 Å². The first-order valence-electron chi connectivity index (χ1n) is 9.06. The van der Waals surface area contributed by atoms with Crippen LogP contribution in [0.4, 0.5) is 11.4 Å². The molecule has 1 amide bonds. The minimum Gasteiger partial charge on any atom is -0.454 e. The Labute approximate surface area is 169 Å². The molecule has 0 aliphatic heterocycles. The lowest BCUT2D eigenvalue weighted by Crippen LogP contribution is -2.15. The number of ether oxygens (including phenoxy) is 1. The Morgan fingerprint density at radius 1 is 1.07 bits per heavy atom. The molecule has 0 aliphatic rings. The molecule has 2 aromatic rings. The van der Waals surface area contributed by atoms with E-state index in [4.69, 9.17) is 22.1 Å². The summed E-state index contributed by atoms with van der Waals surface area (Å²) in [6.07, 6.45) is 3.39. The molecule has 148 valence electrons. The van der Waals surface area contributed by atoms with Crippen LogP contribution in [0.1, 0.15) is 53.3 Å². The predicted octanol–water partition coefficient (Wildman–Crippen LogP) is 4.48. The van der Waals surface area contributed by atoms with Crippen LogP contribution in [0.2, 0.25) is 5.02 Å². The van der Waals surface area contributed by atoms with Crippen molar-refractivity contribution in [2.45, 2.75) is 32.6 Å². The van der Waals surface area contributed by atoms with Gasteiger partial charge in [-0.2, -0.15) is 0 Å². The van der Waals surface area contributed by atoms with Crippen molar-refractivity contribution in [2.24, 2.45) is 0 Å². The second-order valence-corrected chi connectivity index (χ2v) is 6.75. The smallest absolute Gasteiger partial charge is 0.340 e. The van der Waals surface area contributed by atoms with Crippen LogP contribution in [-0.4, -0.2) is 24.3 Å². The average molecular weight is 403 g/mol. The van der Waals surface area contributed by atoms with Gasteiger partial charge in [0.05, 0.1) is 5.56 Å². The van der Waals surface area contributed by atoms with Gasteiger partial charge in [0.2, 0.25) is 5.91 Å². The van der Waals surface area contributed by atoms with Gasteiger partial charge in [-0.25, -0.2) is 4.79 Å². The van der Waals surface area contributed by atoms with Crippen LogP contribution in [0.25, 0.3) is 0 Å². The number of hydrogen-bond acceptors (Lipinski definition) is 5. The Bertz CT molecular complexity index is 850. The molecule has 2 rings (SSSR count). The molecule has 0 heterocycles. The Balaban J connectivity index is 1.87. The van der Waals surface area contributed by atoms with Crippen molar-refractivity contribution in [3.63, 3.8) is 0 Å². The number of ketones is 1. The van der Waals surface area contributed by atoms with Crippen molar-refractivity contribution in [1.29, 1.82) is 0 Å². The zero-order valence-corrected chi connectivity index (χ0v) is 16.4. The average Bonchev–Trinajstić information content (AvgIpc) is 2.66. The zero-order chi connectivity index (χ0) is 20.5. The molecule has 2 aromatic carbocycles. The minimum absolute atomic E-state index is 0.0537. The van der Waals surface area contributed by atoms with Gasteiger partial charge in [-0.3, -0.25) is 9.59 Å². The molecular weight excluding hydrogens is 380 g/mol. The molecule has 0 spiro atoms. The quantitative estimate of drug-likeness (QED) is 0.279. The van der Waals surface area contributed by atoms with Crippen LogP contribution in [0.15, 0.2) is 42.5 Å². The molecule has 0 saturated carbocycles. The van der Waals surface area contributed by atoms with Gasteiger partial charge in [-0.1, -0.05) is 31.4 Å². The molecule has 0 saturated heterocycles. The van der Waals surface area contributed by atoms with Gasteiger partial charge in [0.1, 0.15) is 0 Å². The standard InChI is InChI=1S/C21H23ClN2O4/c1-2-3-4-5-20(26)24-16-9-6-14(7-10-16)19(25)13-28-21(27)17-11-8-15(22)12-18(17)23/h6-12H,2-5,13,23H2,1H3,(H,24,26). The van der Waals surface area contributed by atoms with E-state index in [9.17, 15) is 14.4 Å². The lowest BCUT2D eigenvalue weighted by Gasteiger charge is -2.08. The third-order valence-electron chi connectivity index (χ3n) is 4.07. The summed E-state index contributed by atoms with van der Waals surface area (Å²) < 4.78 is 5.03. The monoisotopic (exact) mass is 402 g/mol. The van der Waals surface area contributed by atoms with Crippen LogP contribution in [0.3, 0.4) is 0 Å². The number of unbranched alkanes of at least 4 members (excludes halogenated alkanes) is 2.